The highest BCUT2D eigenvalue weighted by molar-refractivity contribution is 5.88. The summed E-state index contributed by atoms with van der Waals surface area (Å²) < 4.78 is 0. The van der Waals surface area contributed by atoms with Crippen molar-refractivity contribution in [3.8, 4) is 0 Å². The van der Waals surface area contributed by atoms with Crippen LogP contribution in [0.4, 0.5) is 0 Å². The first kappa shape index (κ1) is 22.1. The highest BCUT2D eigenvalue weighted by Gasteiger charge is 2.28. The maximum Gasteiger partial charge on any atom is 0.242 e. The molecule has 1 saturated carbocycles. The average molecular weight is 407 g/mol. The zero-order valence-electron chi connectivity index (χ0n) is 18.7. The minimum Gasteiger partial charge on any atom is -0.352 e. The molecule has 1 atom stereocenters. The number of benzene rings is 2. The van der Waals surface area contributed by atoms with Gasteiger partial charge in [0, 0.05) is 12.6 Å². The van der Waals surface area contributed by atoms with E-state index in [0.29, 0.717) is 13.0 Å². The molecule has 2 amide bonds. The summed E-state index contributed by atoms with van der Waals surface area (Å²) >= 11 is 0. The molecule has 0 bridgehead atoms. The number of carbonyl (C=O) groups excluding carboxylic acids is 2. The van der Waals surface area contributed by atoms with Crippen LogP contribution >= 0.6 is 0 Å². The zero-order valence-corrected chi connectivity index (χ0v) is 18.7. The van der Waals surface area contributed by atoms with Gasteiger partial charge in [0.2, 0.25) is 11.8 Å². The highest BCUT2D eigenvalue weighted by atomic mass is 16.2. The van der Waals surface area contributed by atoms with Crippen molar-refractivity contribution in [3.05, 3.63) is 70.3 Å². The monoisotopic (exact) mass is 406 g/mol. The zero-order chi connectivity index (χ0) is 21.7. The van der Waals surface area contributed by atoms with Crippen LogP contribution < -0.4 is 5.32 Å². The Bertz CT molecular complexity index is 879. The van der Waals surface area contributed by atoms with Crippen molar-refractivity contribution in [2.24, 2.45) is 0 Å². The number of nitrogens with zero attached hydrogens (tertiary/aromatic N) is 1. The van der Waals surface area contributed by atoms with Crippen molar-refractivity contribution < 1.29 is 9.59 Å². The van der Waals surface area contributed by atoms with Gasteiger partial charge in [0.05, 0.1) is 6.42 Å². The summed E-state index contributed by atoms with van der Waals surface area (Å²) in [7, 11) is 0. The second-order valence-corrected chi connectivity index (χ2v) is 8.79. The topological polar surface area (TPSA) is 49.4 Å². The lowest BCUT2D eigenvalue weighted by atomic mass is 10.0. The Morgan fingerprint density at radius 1 is 1.03 bits per heavy atom. The van der Waals surface area contributed by atoms with Gasteiger partial charge in [0.25, 0.3) is 0 Å². The van der Waals surface area contributed by atoms with E-state index in [1.807, 2.05) is 52.0 Å². The SMILES string of the molecule is Cc1cc(C)cc(CC(=O)N(Cc2ccccc2C)C(C)C(=O)NC2CCCC2)c1. The lowest BCUT2D eigenvalue weighted by molar-refractivity contribution is -0.140. The number of hydrogen-bond donors (Lipinski definition) is 1. The fourth-order valence-corrected chi connectivity index (χ4v) is 4.39. The molecule has 0 saturated heterocycles. The molecule has 0 heterocycles. The van der Waals surface area contributed by atoms with E-state index in [-0.39, 0.29) is 17.9 Å². The second-order valence-electron chi connectivity index (χ2n) is 8.79. The highest BCUT2D eigenvalue weighted by Crippen LogP contribution is 2.20. The van der Waals surface area contributed by atoms with E-state index in [0.717, 1.165) is 53.5 Å². The van der Waals surface area contributed by atoms with Crippen molar-refractivity contribution in [1.82, 2.24) is 10.2 Å². The van der Waals surface area contributed by atoms with Crippen LogP contribution in [0.25, 0.3) is 0 Å². The third-order valence-corrected chi connectivity index (χ3v) is 6.11. The van der Waals surface area contributed by atoms with Gasteiger partial charge < -0.3 is 10.2 Å². The molecule has 1 unspecified atom stereocenters. The second kappa shape index (κ2) is 9.92. The lowest BCUT2D eigenvalue weighted by Crippen LogP contribution is -2.50. The Kier molecular flexibility index (Phi) is 7.30. The van der Waals surface area contributed by atoms with Gasteiger partial charge in [-0.15, -0.1) is 0 Å². The largest absolute Gasteiger partial charge is 0.352 e. The molecule has 30 heavy (non-hydrogen) atoms. The molecular weight excluding hydrogens is 372 g/mol. The van der Waals surface area contributed by atoms with Crippen LogP contribution in [0.15, 0.2) is 42.5 Å². The van der Waals surface area contributed by atoms with Gasteiger partial charge in [0.1, 0.15) is 6.04 Å². The van der Waals surface area contributed by atoms with Crippen molar-refractivity contribution in [1.29, 1.82) is 0 Å². The quantitative estimate of drug-likeness (QED) is 0.729. The van der Waals surface area contributed by atoms with Gasteiger partial charge in [-0.05, 0) is 57.2 Å². The first-order valence-corrected chi connectivity index (χ1v) is 11.0. The molecule has 4 heteroatoms. The maximum absolute atomic E-state index is 13.4. The lowest BCUT2D eigenvalue weighted by Gasteiger charge is -2.30. The Morgan fingerprint density at radius 2 is 1.67 bits per heavy atom. The molecule has 160 valence electrons. The number of nitrogens with one attached hydrogen (secondary N) is 1. The molecule has 1 aliphatic carbocycles. The van der Waals surface area contributed by atoms with Crippen molar-refractivity contribution >= 4 is 11.8 Å². The molecule has 2 aromatic carbocycles. The number of carbonyl (C=O) groups is 2. The number of amides is 2. The summed E-state index contributed by atoms with van der Waals surface area (Å²) in [5.41, 5.74) is 5.50. The van der Waals surface area contributed by atoms with Gasteiger partial charge in [-0.25, -0.2) is 0 Å². The first-order valence-electron chi connectivity index (χ1n) is 11.0. The standard InChI is InChI=1S/C26H34N2O2/c1-18-13-19(2)15-22(14-18)16-25(29)28(17-23-10-6-5-9-20(23)3)21(4)26(30)27-24-11-7-8-12-24/h5-6,9-10,13-15,21,24H,7-8,11-12,16-17H2,1-4H3,(H,27,30). The predicted octanol–water partition coefficient (Wildman–Crippen LogP) is 4.63. The van der Waals surface area contributed by atoms with E-state index in [1.54, 1.807) is 4.90 Å². The van der Waals surface area contributed by atoms with Gasteiger partial charge in [-0.1, -0.05) is 66.4 Å². The summed E-state index contributed by atoms with van der Waals surface area (Å²) in [5.74, 6) is -0.0680. The van der Waals surface area contributed by atoms with Crippen LogP contribution in [0.5, 0.6) is 0 Å². The fourth-order valence-electron chi connectivity index (χ4n) is 4.39. The summed E-state index contributed by atoms with van der Waals surface area (Å²) in [5, 5.41) is 3.16. The number of hydrogen-bond acceptors (Lipinski definition) is 2. The summed E-state index contributed by atoms with van der Waals surface area (Å²) in [4.78, 5) is 28.1. The molecule has 1 aliphatic rings. The van der Waals surface area contributed by atoms with E-state index >= 15 is 0 Å². The Hall–Kier alpha value is -2.62. The van der Waals surface area contributed by atoms with Crippen molar-refractivity contribution in [3.63, 3.8) is 0 Å². The molecule has 1 N–H and O–H groups in total. The molecule has 0 spiro atoms. The van der Waals surface area contributed by atoms with Gasteiger partial charge >= 0.3 is 0 Å². The van der Waals surface area contributed by atoms with E-state index in [1.165, 1.54) is 0 Å². The minimum absolute atomic E-state index is 0.0164. The molecule has 1 fully saturated rings. The van der Waals surface area contributed by atoms with Crippen LogP contribution in [0.2, 0.25) is 0 Å². The molecular formula is C26H34N2O2. The predicted molar refractivity (Wildman–Crippen MR) is 121 cm³/mol. The maximum atomic E-state index is 13.4. The number of aryl methyl sites for hydroxylation is 3. The normalized spacial score (nSPS) is 15.1. The van der Waals surface area contributed by atoms with Gasteiger partial charge in [-0.3, -0.25) is 9.59 Å². The average Bonchev–Trinajstić information content (AvgIpc) is 3.19. The first-order chi connectivity index (χ1) is 14.3. The molecule has 0 radical (unpaired) electrons. The summed E-state index contributed by atoms with van der Waals surface area (Å²) in [6.45, 7) is 8.43. The Labute approximate surface area is 180 Å². The Balaban J connectivity index is 1.80. The van der Waals surface area contributed by atoms with Crippen LogP contribution in [0.1, 0.15) is 60.4 Å². The Morgan fingerprint density at radius 3 is 2.30 bits per heavy atom. The van der Waals surface area contributed by atoms with E-state index in [2.05, 4.69) is 23.5 Å². The van der Waals surface area contributed by atoms with Gasteiger partial charge in [-0.2, -0.15) is 0 Å². The van der Waals surface area contributed by atoms with Crippen LogP contribution in [-0.2, 0) is 22.6 Å². The van der Waals surface area contributed by atoms with Gasteiger partial charge in [0.15, 0.2) is 0 Å². The third-order valence-electron chi connectivity index (χ3n) is 6.11. The van der Waals surface area contributed by atoms with Crippen molar-refractivity contribution in [2.75, 3.05) is 0 Å². The van der Waals surface area contributed by atoms with Crippen LogP contribution in [0, 0.1) is 20.8 Å². The smallest absolute Gasteiger partial charge is 0.242 e. The third kappa shape index (κ3) is 5.71. The molecule has 0 aromatic heterocycles. The summed E-state index contributed by atoms with van der Waals surface area (Å²) in [6.07, 6.45) is 4.70. The minimum atomic E-state index is -0.511. The van der Waals surface area contributed by atoms with Crippen LogP contribution in [-0.4, -0.2) is 28.8 Å². The van der Waals surface area contributed by atoms with Crippen LogP contribution in [0.3, 0.4) is 0 Å². The van der Waals surface area contributed by atoms with Crippen molar-refractivity contribution in [2.45, 2.75) is 78.4 Å². The molecule has 4 nitrogen and oxygen atoms in total. The van der Waals surface area contributed by atoms with E-state index < -0.39 is 6.04 Å². The fraction of sp³-hybridized carbons (Fsp3) is 0.462. The number of rotatable bonds is 7. The van der Waals surface area contributed by atoms with E-state index in [9.17, 15) is 9.59 Å². The summed E-state index contributed by atoms with van der Waals surface area (Å²) in [6, 6.07) is 14.0. The molecule has 0 aliphatic heterocycles. The van der Waals surface area contributed by atoms with E-state index in [4.69, 9.17) is 0 Å². The molecule has 2 aromatic rings. The molecule has 3 rings (SSSR count).